The molecule has 5 rings (SSSR count). The highest BCUT2D eigenvalue weighted by Crippen LogP contribution is 2.40. The van der Waals surface area contributed by atoms with Gasteiger partial charge in [-0.2, -0.15) is 0 Å². The summed E-state index contributed by atoms with van der Waals surface area (Å²) in [7, 11) is 4.37. The lowest BCUT2D eigenvalue weighted by molar-refractivity contribution is 0.324. The highest BCUT2D eigenvalue weighted by atomic mass is 16.5. The van der Waals surface area contributed by atoms with E-state index in [1.54, 1.807) is 0 Å². The summed E-state index contributed by atoms with van der Waals surface area (Å²) in [4.78, 5) is 31.5. The molecule has 10 heteroatoms. The number of aromatic nitrogens is 3. The van der Waals surface area contributed by atoms with Crippen LogP contribution in [0.3, 0.4) is 0 Å². The number of aromatic amines is 2. The third-order valence-corrected chi connectivity index (χ3v) is 6.18. The molecular weight excluding hydrogens is 440 g/mol. The SMILES string of the molecule is COc1cc(-n2c(O)c([C@@H]3NCCc4c3[nH]c3ccccc43)c(=O)[nH]c2=O)cc(OC)c1OC. The first-order valence-corrected chi connectivity index (χ1v) is 10.7. The second-order valence-corrected chi connectivity index (χ2v) is 7.92. The number of benzene rings is 2. The van der Waals surface area contributed by atoms with Gasteiger partial charge in [0.15, 0.2) is 11.5 Å². The van der Waals surface area contributed by atoms with E-state index in [-0.39, 0.29) is 11.3 Å². The van der Waals surface area contributed by atoms with Crippen molar-refractivity contribution >= 4 is 10.9 Å². The number of fused-ring (bicyclic) bond motifs is 3. The van der Waals surface area contributed by atoms with Crippen molar-refractivity contribution < 1.29 is 19.3 Å². The molecule has 10 nitrogen and oxygen atoms in total. The molecular formula is C24H24N4O6. The standard InChI is InChI=1S/C24H24N4O6/c1-32-16-10-12(11-17(33-2)21(16)34-3)28-23(30)18(22(29)27-24(28)31)20-19-14(8-9-25-20)13-6-4-5-7-15(13)26-19/h4-7,10-11,20,25-26,30H,8-9H2,1-3H3,(H,27,29,31)/t20-/m0/s1. The van der Waals surface area contributed by atoms with Crippen LogP contribution in [0.25, 0.3) is 16.6 Å². The zero-order valence-electron chi connectivity index (χ0n) is 18.9. The minimum absolute atomic E-state index is 0.0286. The smallest absolute Gasteiger partial charge is 0.335 e. The number of hydrogen-bond acceptors (Lipinski definition) is 7. The predicted molar refractivity (Wildman–Crippen MR) is 126 cm³/mol. The van der Waals surface area contributed by atoms with Crippen molar-refractivity contribution in [1.29, 1.82) is 0 Å². The molecule has 34 heavy (non-hydrogen) atoms. The first kappa shape index (κ1) is 21.7. The summed E-state index contributed by atoms with van der Waals surface area (Å²) in [6, 6.07) is 10.3. The van der Waals surface area contributed by atoms with E-state index in [4.69, 9.17) is 14.2 Å². The molecule has 0 aliphatic carbocycles. The van der Waals surface area contributed by atoms with Crippen molar-refractivity contribution in [2.24, 2.45) is 0 Å². The molecule has 0 unspecified atom stereocenters. The second-order valence-electron chi connectivity index (χ2n) is 7.92. The van der Waals surface area contributed by atoms with Gasteiger partial charge in [0.1, 0.15) is 5.56 Å². The second kappa shape index (κ2) is 8.31. The summed E-state index contributed by atoms with van der Waals surface area (Å²) in [5.74, 6) is 0.448. The predicted octanol–water partition coefficient (Wildman–Crippen LogP) is 1.97. The number of hydrogen-bond donors (Lipinski definition) is 4. The number of rotatable bonds is 5. The average Bonchev–Trinajstić information content (AvgIpc) is 3.22. The minimum atomic E-state index is -0.798. The summed E-state index contributed by atoms with van der Waals surface area (Å²) in [6.45, 7) is 0.599. The Morgan fingerprint density at radius 1 is 1.00 bits per heavy atom. The Kier molecular flexibility index (Phi) is 5.29. The first-order valence-electron chi connectivity index (χ1n) is 10.7. The summed E-state index contributed by atoms with van der Waals surface area (Å²) < 4.78 is 17.1. The molecule has 2 aromatic carbocycles. The topological polar surface area (TPSA) is 131 Å². The van der Waals surface area contributed by atoms with Crippen molar-refractivity contribution in [3.63, 3.8) is 0 Å². The summed E-state index contributed by atoms with van der Waals surface area (Å²) in [5.41, 5.74) is 1.59. The lowest BCUT2D eigenvalue weighted by atomic mass is 9.95. The molecule has 3 heterocycles. The molecule has 1 atom stereocenters. The van der Waals surface area contributed by atoms with Gasteiger partial charge in [0.2, 0.25) is 11.6 Å². The van der Waals surface area contributed by atoms with Crippen molar-refractivity contribution in [2.75, 3.05) is 27.9 Å². The Hall–Kier alpha value is -4.18. The van der Waals surface area contributed by atoms with Crippen LogP contribution in [-0.4, -0.2) is 47.5 Å². The molecule has 0 saturated heterocycles. The molecule has 1 aliphatic rings. The van der Waals surface area contributed by atoms with Crippen molar-refractivity contribution in [2.45, 2.75) is 12.5 Å². The summed E-state index contributed by atoms with van der Waals surface area (Å²) in [5, 5.41) is 15.7. The molecule has 4 aromatic rings. The fraction of sp³-hybridized carbons (Fsp3) is 0.250. The maximum Gasteiger partial charge on any atom is 0.335 e. The normalized spacial score (nSPS) is 15.2. The largest absolute Gasteiger partial charge is 0.494 e. The van der Waals surface area contributed by atoms with Crippen LogP contribution in [0.1, 0.15) is 22.9 Å². The third-order valence-electron chi connectivity index (χ3n) is 6.18. The molecule has 2 aromatic heterocycles. The number of aromatic hydroxyl groups is 1. The molecule has 0 radical (unpaired) electrons. The van der Waals surface area contributed by atoms with Gasteiger partial charge in [-0.3, -0.25) is 9.78 Å². The molecule has 0 fully saturated rings. The van der Waals surface area contributed by atoms with Gasteiger partial charge in [-0.05, 0) is 18.1 Å². The minimum Gasteiger partial charge on any atom is -0.494 e. The van der Waals surface area contributed by atoms with E-state index in [0.29, 0.717) is 23.8 Å². The third kappa shape index (κ3) is 3.22. The Bertz CT molecular complexity index is 1490. The highest BCUT2D eigenvalue weighted by molar-refractivity contribution is 5.85. The van der Waals surface area contributed by atoms with Crippen molar-refractivity contribution in [1.82, 2.24) is 19.9 Å². The van der Waals surface area contributed by atoms with Crippen LogP contribution < -0.4 is 30.8 Å². The van der Waals surface area contributed by atoms with E-state index < -0.39 is 23.2 Å². The zero-order valence-corrected chi connectivity index (χ0v) is 18.9. The van der Waals surface area contributed by atoms with Crippen LogP contribution in [0, 0.1) is 0 Å². The van der Waals surface area contributed by atoms with Gasteiger partial charge >= 0.3 is 5.69 Å². The van der Waals surface area contributed by atoms with E-state index in [2.05, 4.69) is 15.3 Å². The van der Waals surface area contributed by atoms with E-state index in [9.17, 15) is 14.7 Å². The van der Waals surface area contributed by atoms with Gasteiger partial charge in [-0.25, -0.2) is 9.36 Å². The van der Waals surface area contributed by atoms with E-state index in [0.717, 1.165) is 33.1 Å². The average molecular weight is 464 g/mol. The van der Waals surface area contributed by atoms with Crippen LogP contribution in [0.4, 0.5) is 0 Å². The number of ether oxygens (including phenoxy) is 3. The number of methoxy groups -OCH3 is 3. The summed E-state index contributed by atoms with van der Waals surface area (Å²) >= 11 is 0. The molecule has 4 N–H and O–H groups in total. The maximum atomic E-state index is 13.0. The van der Waals surface area contributed by atoms with Gasteiger partial charge in [-0.15, -0.1) is 0 Å². The van der Waals surface area contributed by atoms with Crippen molar-refractivity contribution in [3.8, 4) is 28.8 Å². The molecule has 0 spiro atoms. The Morgan fingerprint density at radius 3 is 2.38 bits per heavy atom. The number of para-hydroxylation sites is 1. The molecule has 176 valence electrons. The Morgan fingerprint density at radius 2 is 1.71 bits per heavy atom. The van der Waals surface area contributed by atoms with Gasteiger partial charge in [0.05, 0.1) is 33.1 Å². The molecule has 0 saturated carbocycles. The molecule has 0 bridgehead atoms. The summed E-state index contributed by atoms with van der Waals surface area (Å²) in [6.07, 6.45) is 0.765. The quantitative estimate of drug-likeness (QED) is 0.355. The first-order chi connectivity index (χ1) is 16.5. The van der Waals surface area contributed by atoms with Gasteiger partial charge in [0, 0.05) is 35.3 Å². The zero-order chi connectivity index (χ0) is 24.0. The Labute approximate surface area is 193 Å². The Balaban J connectivity index is 1.74. The highest BCUT2D eigenvalue weighted by Gasteiger charge is 2.31. The van der Waals surface area contributed by atoms with Gasteiger partial charge < -0.3 is 29.6 Å². The maximum absolute atomic E-state index is 13.0. The number of nitrogens with zero attached hydrogens (tertiary/aromatic N) is 1. The van der Waals surface area contributed by atoms with Crippen LogP contribution in [0.15, 0.2) is 46.0 Å². The van der Waals surface area contributed by atoms with Crippen molar-refractivity contribution in [3.05, 3.63) is 74.1 Å². The monoisotopic (exact) mass is 464 g/mol. The van der Waals surface area contributed by atoms with Crippen LogP contribution in [0.2, 0.25) is 0 Å². The van der Waals surface area contributed by atoms with Crippen LogP contribution >= 0.6 is 0 Å². The van der Waals surface area contributed by atoms with Gasteiger partial charge in [0.25, 0.3) is 5.56 Å². The van der Waals surface area contributed by atoms with E-state index in [1.165, 1.54) is 33.5 Å². The molecule has 1 aliphatic heterocycles. The lowest BCUT2D eigenvalue weighted by Crippen LogP contribution is -2.38. The van der Waals surface area contributed by atoms with Crippen LogP contribution in [-0.2, 0) is 6.42 Å². The van der Waals surface area contributed by atoms with E-state index in [1.807, 2.05) is 24.3 Å². The van der Waals surface area contributed by atoms with Crippen LogP contribution in [0.5, 0.6) is 23.1 Å². The number of H-pyrrole nitrogens is 2. The van der Waals surface area contributed by atoms with E-state index >= 15 is 0 Å². The molecule has 0 amide bonds. The number of nitrogens with one attached hydrogen (secondary N) is 3. The van der Waals surface area contributed by atoms with Gasteiger partial charge in [-0.1, -0.05) is 18.2 Å². The fourth-order valence-electron chi connectivity index (χ4n) is 4.66. The lowest BCUT2D eigenvalue weighted by Gasteiger charge is -2.25. The fourth-order valence-corrected chi connectivity index (χ4v) is 4.66.